The quantitative estimate of drug-likeness (QED) is 0.0911. The van der Waals surface area contributed by atoms with Crippen molar-refractivity contribution in [2.75, 3.05) is 19.7 Å². The smallest absolute Gasteiger partial charge is 0.329 e. The van der Waals surface area contributed by atoms with Crippen LogP contribution in [0.4, 0.5) is 4.79 Å². The molecule has 3 N–H and O–H groups in total. The molecular formula is C38H43N3O7. The highest BCUT2D eigenvalue weighted by atomic mass is 16.5. The van der Waals surface area contributed by atoms with Crippen LogP contribution in [0.5, 0.6) is 0 Å². The molecule has 0 radical (unpaired) electrons. The van der Waals surface area contributed by atoms with Crippen molar-refractivity contribution in [3.05, 3.63) is 108 Å². The van der Waals surface area contributed by atoms with Crippen molar-refractivity contribution >= 4 is 34.6 Å². The Morgan fingerprint density at radius 2 is 1.50 bits per heavy atom. The van der Waals surface area contributed by atoms with Gasteiger partial charge in [0.2, 0.25) is 5.91 Å². The molecule has 2 atom stereocenters. The lowest BCUT2D eigenvalue weighted by Gasteiger charge is -2.31. The number of hydrogen-bond donors (Lipinski definition) is 3. The normalized spacial score (nSPS) is 12.2. The lowest BCUT2D eigenvalue weighted by molar-refractivity contribution is -0.149. The number of rotatable bonds is 15. The summed E-state index contributed by atoms with van der Waals surface area (Å²) >= 11 is 0. The second-order valence-corrected chi connectivity index (χ2v) is 12.0. The van der Waals surface area contributed by atoms with Crippen molar-refractivity contribution in [3.8, 4) is 11.1 Å². The van der Waals surface area contributed by atoms with Gasteiger partial charge in [0, 0.05) is 19.9 Å². The summed E-state index contributed by atoms with van der Waals surface area (Å²) in [5, 5.41) is 18.5. The van der Waals surface area contributed by atoms with Crippen LogP contribution >= 0.6 is 0 Å². The van der Waals surface area contributed by atoms with E-state index in [-0.39, 0.29) is 44.5 Å². The third-order valence-corrected chi connectivity index (χ3v) is 7.57. The number of benzene rings is 4. The van der Waals surface area contributed by atoms with Crippen molar-refractivity contribution in [3.63, 3.8) is 0 Å². The molecule has 0 aliphatic heterocycles. The van der Waals surface area contributed by atoms with Gasteiger partial charge in [-0.3, -0.25) is 14.5 Å². The number of fused-ring (bicyclic) bond motifs is 1. The number of amides is 3. The average molecular weight is 654 g/mol. The summed E-state index contributed by atoms with van der Waals surface area (Å²) in [6.07, 6.45) is -1.87. The molecule has 4 rings (SSSR count). The predicted octanol–water partition coefficient (Wildman–Crippen LogP) is 5.22. The fourth-order valence-corrected chi connectivity index (χ4v) is 5.23. The van der Waals surface area contributed by atoms with Crippen molar-refractivity contribution in [1.82, 2.24) is 15.5 Å². The van der Waals surface area contributed by atoms with Crippen LogP contribution in [-0.4, -0.2) is 65.8 Å². The highest BCUT2D eigenvalue weighted by Crippen LogP contribution is 2.29. The molecule has 2 unspecified atom stereocenters. The lowest BCUT2D eigenvalue weighted by Crippen LogP contribution is -2.53. The Morgan fingerprint density at radius 3 is 2.21 bits per heavy atom. The van der Waals surface area contributed by atoms with Gasteiger partial charge in [-0.1, -0.05) is 111 Å². The van der Waals surface area contributed by atoms with Crippen LogP contribution in [0.25, 0.3) is 21.9 Å². The number of aliphatic hydroxyl groups excluding tert-OH is 1. The molecule has 0 fully saturated rings. The first-order valence-electron chi connectivity index (χ1n) is 16.0. The minimum absolute atomic E-state index is 0.0225. The number of aliphatic hydroxyl groups is 1. The number of esters is 2. The van der Waals surface area contributed by atoms with Crippen molar-refractivity contribution in [2.45, 2.75) is 52.5 Å². The fraction of sp³-hybridized carbons (Fsp3) is 0.316. The largest absolute Gasteiger partial charge is 0.464 e. The van der Waals surface area contributed by atoms with Gasteiger partial charge in [-0.2, -0.15) is 0 Å². The molecule has 10 nitrogen and oxygen atoms in total. The Morgan fingerprint density at radius 1 is 0.812 bits per heavy atom. The number of carbonyl (C=O) groups excluding carboxylic acids is 4. The molecule has 3 amide bonds. The molecule has 0 saturated heterocycles. The minimum Gasteiger partial charge on any atom is -0.464 e. The lowest BCUT2D eigenvalue weighted by atomic mass is 9.96. The van der Waals surface area contributed by atoms with Crippen LogP contribution < -0.4 is 10.6 Å². The zero-order valence-corrected chi connectivity index (χ0v) is 27.6. The van der Waals surface area contributed by atoms with E-state index in [1.807, 2.05) is 86.6 Å². The Balaban J connectivity index is 1.50. The second-order valence-electron chi connectivity index (χ2n) is 12.0. The van der Waals surface area contributed by atoms with Crippen LogP contribution in [0, 0.1) is 5.92 Å². The van der Waals surface area contributed by atoms with Gasteiger partial charge in [0.1, 0.15) is 25.5 Å². The van der Waals surface area contributed by atoms with Crippen LogP contribution in [-0.2, 0) is 36.9 Å². The zero-order valence-electron chi connectivity index (χ0n) is 27.6. The van der Waals surface area contributed by atoms with E-state index in [1.54, 1.807) is 0 Å². The van der Waals surface area contributed by atoms with Gasteiger partial charge < -0.3 is 25.2 Å². The summed E-state index contributed by atoms with van der Waals surface area (Å²) in [4.78, 5) is 51.6. The predicted molar refractivity (Wildman–Crippen MR) is 183 cm³/mol. The van der Waals surface area contributed by atoms with Crippen molar-refractivity contribution < 1.29 is 33.8 Å². The highest BCUT2D eigenvalue weighted by molar-refractivity contribution is 5.96. The van der Waals surface area contributed by atoms with E-state index in [2.05, 4.69) is 34.9 Å². The standard InChI is InChI=1S/C38H43N3O7/c1-26(2)24-41(35(43)23-36(44)47-21-20-39-27(3)42)38(46)40-34(37(45)48-25-29-10-5-4-6-11-29)22-28-16-18-31(19-17-28)33-15-9-13-30-12-7-8-14-32(30)33/h4-19,26,34-35,43H,20-25H2,1-3H3,(H,39,42)(H,40,46). The van der Waals surface area contributed by atoms with E-state index in [1.165, 1.54) is 6.92 Å². The van der Waals surface area contributed by atoms with Crippen LogP contribution in [0.1, 0.15) is 38.3 Å². The SMILES string of the molecule is CC(=O)NCCOC(=O)CC(O)N(CC(C)C)C(=O)NC(Cc1ccc(-c2cccc3ccccc23)cc1)C(=O)OCc1ccccc1. The maximum atomic E-state index is 13.6. The van der Waals surface area contributed by atoms with E-state index in [9.17, 15) is 24.3 Å². The zero-order chi connectivity index (χ0) is 34.5. The van der Waals surface area contributed by atoms with Crippen LogP contribution in [0.15, 0.2) is 97.1 Å². The first-order valence-corrected chi connectivity index (χ1v) is 16.0. The molecule has 0 bridgehead atoms. The summed E-state index contributed by atoms with van der Waals surface area (Å²) in [7, 11) is 0. The monoisotopic (exact) mass is 653 g/mol. The summed E-state index contributed by atoms with van der Waals surface area (Å²) < 4.78 is 10.7. The number of carbonyl (C=O) groups is 4. The van der Waals surface area contributed by atoms with Gasteiger partial charge in [0.15, 0.2) is 0 Å². The molecule has 0 aliphatic carbocycles. The molecule has 252 valence electrons. The van der Waals surface area contributed by atoms with Crippen molar-refractivity contribution in [1.29, 1.82) is 0 Å². The van der Waals surface area contributed by atoms with E-state index in [0.29, 0.717) is 0 Å². The van der Waals surface area contributed by atoms with Gasteiger partial charge in [-0.15, -0.1) is 0 Å². The average Bonchev–Trinajstić information content (AvgIpc) is 3.08. The summed E-state index contributed by atoms with van der Waals surface area (Å²) in [5.41, 5.74) is 3.68. The molecule has 0 aliphatic rings. The number of hydrogen-bond acceptors (Lipinski definition) is 7. The Hall–Kier alpha value is -5.22. The Kier molecular flexibility index (Phi) is 13.1. The first-order chi connectivity index (χ1) is 23.1. The molecule has 4 aromatic carbocycles. The van der Waals surface area contributed by atoms with Crippen LogP contribution in [0.2, 0.25) is 0 Å². The van der Waals surface area contributed by atoms with Gasteiger partial charge in [-0.05, 0) is 38.9 Å². The van der Waals surface area contributed by atoms with E-state index in [0.717, 1.165) is 37.9 Å². The van der Waals surface area contributed by atoms with Gasteiger partial charge in [0.05, 0.1) is 13.0 Å². The van der Waals surface area contributed by atoms with Gasteiger partial charge in [0.25, 0.3) is 0 Å². The maximum Gasteiger partial charge on any atom is 0.329 e. The third kappa shape index (κ3) is 10.7. The Labute approximate surface area is 281 Å². The number of urea groups is 1. The molecule has 10 heteroatoms. The van der Waals surface area contributed by atoms with E-state index >= 15 is 0 Å². The number of nitrogens with one attached hydrogen (secondary N) is 2. The third-order valence-electron chi connectivity index (χ3n) is 7.57. The molecular weight excluding hydrogens is 610 g/mol. The molecule has 4 aromatic rings. The van der Waals surface area contributed by atoms with E-state index < -0.39 is 36.7 Å². The summed E-state index contributed by atoms with van der Waals surface area (Å²) in [6.45, 7) is 5.26. The van der Waals surface area contributed by atoms with E-state index in [4.69, 9.17) is 9.47 Å². The molecule has 0 heterocycles. The maximum absolute atomic E-state index is 13.6. The summed E-state index contributed by atoms with van der Waals surface area (Å²) in [6, 6.07) is 29.5. The van der Waals surface area contributed by atoms with Crippen LogP contribution in [0.3, 0.4) is 0 Å². The molecule has 0 aromatic heterocycles. The minimum atomic E-state index is -1.51. The summed E-state index contributed by atoms with van der Waals surface area (Å²) in [5.74, 6) is -1.70. The molecule has 48 heavy (non-hydrogen) atoms. The Bertz CT molecular complexity index is 1670. The van der Waals surface area contributed by atoms with Gasteiger partial charge >= 0.3 is 18.0 Å². The second kappa shape index (κ2) is 17.6. The number of ether oxygens (including phenoxy) is 2. The van der Waals surface area contributed by atoms with Gasteiger partial charge in [-0.25, -0.2) is 9.59 Å². The molecule has 0 saturated carbocycles. The van der Waals surface area contributed by atoms with Crippen molar-refractivity contribution in [2.24, 2.45) is 5.92 Å². The first kappa shape index (κ1) is 35.6. The number of nitrogens with zero attached hydrogens (tertiary/aromatic N) is 1. The fourth-order valence-electron chi connectivity index (χ4n) is 5.23. The highest BCUT2D eigenvalue weighted by Gasteiger charge is 2.30. The topological polar surface area (TPSA) is 134 Å². The molecule has 0 spiro atoms.